The monoisotopic (exact) mass is 297 g/mol. The minimum absolute atomic E-state index is 0.228. The molecule has 1 saturated heterocycles. The first-order chi connectivity index (χ1) is 9.91. The summed E-state index contributed by atoms with van der Waals surface area (Å²) in [6, 6.07) is 1.67. The molecule has 1 aliphatic heterocycles. The lowest BCUT2D eigenvalue weighted by atomic mass is 9.90. The third-order valence-corrected chi connectivity index (χ3v) is 3.56. The van der Waals surface area contributed by atoms with Gasteiger partial charge in [0.1, 0.15) is 24.4 Å². The van der Waals surface area contributed by atoms with Gasteiger partial charge in [-0.25, -0.2) is 4.79 Å². The van der Waals surface area contributed by atoms with Gasteiger partial charge in [0.05, 0.1) is 12.2 Å². The van der Waals surface area contributed by atoms with Gasteiger partial charge in [-0.15, -0.1) is 0 Å². The summed E-state index contributed by atoms with van der Waals surface area (Å²) in [6.45, 7) is 1.25. The zero-order valence-electron chi connectivity index (χ0n) is 11.2. The number of nitriles is 1. The van der Waals surface area contributed by atoms with E-state index in [1.54, 1.807) is 13.0 Å². The summed E-state index contributed by atoms with van der Waals surface area (Å²) in [5.41, 5.74) is -4.00. The third kappa shape index (κ3) is 2.18. The van der Waals surface area contributed by atoms with Crippen LogP contribution in [0.3, 0.4) is 0 Å². The van der Waals surface area contributed by atoms with Crippen LogP contribution in [0.5, 0.6) is 0 Å². The third-order valence-electron chi connectivity index (χ3n) is 3.56. The normalized spacial score (nSPS) is 32.0. The van der Waals surface area contributed by atoms with E-state index in [0.717, 1.165) is 10.8 Å². The van der Waals surface area contributed by atoms with Crippen molar-refractivity contribution in [2.24, 2.45) is 0 Å². The molecule has 2 heterocycles. The molecule has 0 amide bonds. The van der Waals surface area contributed by atoms with Crippen molar-refractivity contribution in [2.75, 3.05) is 6.61 Å². The maximum Gasteiger partial charge on any atom is 0.328 e. The van der Waals surface area contributed by atoms with Gasteiger partial charge in [-0.05, 0) is 6.92 Å². The summed E-state index contributed by atoms with van der Waals surface area (Å²) in [5, 5.41) is 38.3. The van der Waals surface area contributed by atoms with Gasteiger partial charge in [-0.1, -0.05) is 0 Å². The molecule has 0 bridgehead atoms. The van der Waals surface area contributed by atoms with Gasteiger partial charge < -0.3 is 24.6 Å². The lowest BCUT2D eigenvalue weighted by molar-refractivity contribution is -0.0623. The number of aromatic amines is 1. The highest BCUT2D eigenvalue weighted by Gasteiger charge is 2.57. The Morgan fingerprint density at radius 2 is 2.19 bits per heavy atom. The molecule has 0 aromatic carbocycles. The van der Waals surface area contributed by atoms with E-state index in [4.69, 9.17) is 9.84 Å². The first-order valence-corrected chi connectivity index (χ1v) is 6.31. The molecule has 1 fully saturated rings. The summed E-state index contributed by atoms with van der Waals surface area (Å²) in [6.07, 6.45) is -3.36. The molecular weight excluding hydrogens is 282 g/mol. The second kappa shape index (κ2) is 5.42. The highest BCUT2D eigenvalue weighted by atomic mass is 16.6. The molecule has 4 atom stereocenters. The summed E-state index contributed by atoms with van der Waals surface area (Å²) >= 11 is 0. The number of H-pyrrole nitrogens is 1. The molecule has 2 rings (SSSR count). The number of aliphatic hydroxyl groups is 3. The quantitative estimate of drug-likeness (QED) is 0.477. The highest BCUT2D eigenvalue weighted by Crippen LogP contribution is 2.37. The number of nitrogens with one attached hydrogen (secondary N) is 1. The average Bonchev–Trinajstić information content (AvgIpc) is 2.72. The number of hydrogen-bond acceptors (Lipinski definition) is 7. The molecule has 9 heteroatoms. The highest BCUT2D eigenvalue weighted by molar-refractivity contribution is 5.30. The van der Waals surface area contributed by atoms with Crippen molar-refractivity contribution < 1.29 is 20.1 Å². The van der Waals surface area contributed by atoms with Crippen LogP contribution in [0.15, 0.2) is 15.8 Å². The van der Waals surface area contributed by atoms with Crippen LogP contribution in [-0.4, -0.2) is 49.8 Å². The minimum atomic E-state index is -2.15. The van der Waals surface area contributed by atoms with Gasteiger partial charge in [-0.2, -0.15) is 5.26 Å². The van der Waals surface area contributed by atoms with Gasteiger partial charge in [-0.3, -0.25) is 9.78 Å². The predicted octanol–water partition coefficient (Wildman–Crippen LogP) is -2.61. The molecule has 0 spiro atoms. The maximum atomic E-state index is 12.0. The van der Waals surface area contributed by atoms with Crippen molar-refractivity contribution >= 4 is 0 Å². The van der Waals surface area contributed by atoms with E-state index in [1.807, 2.05) is 4.98 Å². The first kappa shape index (κ1) is 15.4. The van der Waals surface area contributed by atoms with Crippen LogP contribution >= 0.6 is 0 Å². The van der Waals surface area contributed by atoms with Crippen LogP contribution < -0.4 is 11.2 Å². The Hall–Kier alpha value is -1.99. The number of ether oxygens (including phenoxy) is 1. The summed E-state index contributed by atoms with van der Waals surface area (Å²) in [7, 11) is 0. The molecule has 4 N–H and O–H groups in total. The lowest BCUT2D eigenvalue weighted by Gasteiger charge is -2.24. The van der Waals surface area contributed by atoms with E-state index in [1.165, 1.54) is 0 Å². The van der Waals surface area contributed by atoms with E-state index in [-0.39, 0.29) is 12.1 Å². The summed E-state index contributed by atoms with van der Waals surface area (Å²) in [5.74, 6) is 0. The zero-order valence-corrected chi connectivity index (χ0v) is 11.2. The standard InChI is InChI=1S/C12H15N3O6/c1-2-15-3-6(10(19)14-11(15)20)12(5-13)9(18)8(17)7(4-16)21-12/h3,7-9,16-18H,2,4H2,1H3,(H,14,19,20)/t7-,8-,9-,12+/m1/s1. The van der Waals surface area contributed by atoms with E-state index in [2.05, 4.69) is 0 Å². The fourth-order valence-corrected chi connectivity index (χ4v) is 2.35. The van der Waals surface area contributed by atoms with Gasteiger partial charge >= 0.3 is 5.69 Å². The van der Waals surface area contributed by atoms with Crippen molar-refractivity contribution in [2.45, 2.75) is 37.4 Å². The molecule has 1 aliphatic rings. The molecule has 0 radical (unpaired) electrons. The second-order valence-corrected chi connectivity index (χ2v) is 4.71. The molecule has 21 heavy (non-hydrogen) atoms. The average molecular weight is 297 g/mol. The molecule has 0 aliphatic carbocycles. The fraction of sp³-hybridized carbons (Fsp3) is 0.583. The van der Waals surface area contributed by atoms with Crippen molar-refractivity contribution in [3.63, 3.8) is 0 Å². The van der Waals surface area contributed by atoms with Crippen LogP contribution in [0.25, 0.3) is 0 Å². The topological polar surface area (TPSA) is 149 Å². The number of aromatic nitrogens is 2. The lowest BCUT2D eigenvalue weighted by Crippen LogP contribution is -2.45. The molecule has 1 aromatic rings. The fourth-order valence-electron chi connectivity index (χ4n) is 2.35. The summed E-state index contributed by atoms with van der Waals surface area (Å²) in [4.78, 5) is 25.5. The second-order valence-electron chi connectivity index (χ2n) is 4.71. The Labute approximate surface area is 118 Å². The summed E-state index contributed by atoms with van der Waals surface area (Å²) < 4.78 is 6.36. The Balaban J connectivity index is 2.66. The van der Waals surface area contributed by atoms with Crippen LogP contribution in [0.4, 0.5) is 0 Å². The Bertz CT molecular complexity index is 689. The van der Waals surface area contributed by atoms with E-state index in [9.17, 15) is 25.1 Å². The minimum Gasteiger partial charge on any atom is -0.394 e. The largest absolute Gasteiger partial charge is 0.394 e. The van der Waals surface area contributed by atoms with Gasteiger partial charge in [0.2, 0.25) is 5.60 Å². The number of aryl methyl sites for hydroxylation is 1. The maximum absolute atomic E-state index is 12.0. The van der Waals surface area contributed by atoms with Crippen molar-refractivity contribution in [1.29, 1.82) is 5.26 Å². The zero-order chi connectivity index (χ0) is 15.8. The molecular formula is C12H15N3O6. The van der Waals surface area contributed by atoms with Crippen LogP contribution in [0, 0.1) is 11.3 Å². The Morgan fingerprint density at radius 3 is 2.67 bits per heavy atom. The molecule has 1 aromatic heterocycles. The number of hydrogen-bond donors (Lipinski definition) is 4. The molecule has 0 unspecified atom stereocenters. The van der Waals surface area contributed by atoms with Crippen molar-refractivity contribution in [1.82, 2.24) is 9.55 Å². The van der Waals surface area contributed by atoms with Crippen molar-refractivity contribution in [3.8, 4) is 6.07 Å². The Morgan fingerprint density at radius 1 is 1.52 bits per heavy atom. The molecule has 0 saturated carbocycles. The number of nitrogens with zero attached hydrogens (tertiary/aromatic N) is 2. The first-order valence-electron chi connectivity index (χ1n) is 6.31. The molecule has 114 valence electrons. The predicted molar refractivity (Wildman–Crippen MR) is 68.3 cm³/mol. The molecule has 9 nitrogen and oxygen atoms in total. The van der Waals surface area contributed by atoms with Crippen LogP contribution in [0.1, 0.15) is 12.5 Å². The number of rotatable bonds is 3. The number of aliphatic hydroxyl groups excluding tert-OH is 3. The Kier molecular flexibility index (Phi) is 3.97. The van der Waals surface area contributed by atoms with Gasteiger partial charge in [0, 0.05) is 12.7 Å². The van der Waals surface area contributed by atoms with E-state index >= 15 is 0 Å². The van der Waals surface area contributed by atoms with Crippen molar-refractivity contribution in [3.05, 3.63) is 32.6 Å². The van der Waals surface area contributed by atoms with E-state index in [0.29, 0.717) is 0 Å². The SMILES string of the molecule is CCn1cc([C@]2(C#N)O[C@H](CO)[C@@H](O)[C@H]2O)c(=O)[nH]c1=O. The van der Waals surface area contributed by atoms with E-state index < -0.39 is 41.8 Å². The van der Waals surface area contributed by atoms with Gasteiger partial charge in [0.25, 0.3) is 5.56 Å². The van der Waals surface area contributed by atoms with Crippen LogP contribution in [0.2, 0.25) is 0 Å². The van der Waals surface area contributed by atoms with Crippen LogP contribution in [-0.2, 0) is 16.9 Å². The smallest absolute Gasteiger partial charge is 0.328 e. The van der Waals surface area contributed by atoms with Gasteiger partial charge in [0.15, 0.2) is 0 Å².